The molecule has 16 heavy (non-hydrogen) atoms. The van der Waals surface area contributed by atoms with E-state index in [2.05, 4.69) is 5.10 Å². The van der Waals surface area contributed by atoms with Crippen LogP contribution in [-0.2, 0) is 7.05 Å². The van der Waals surface area contributed by atoms with Crippen LogP contribution in [0.3, 0.4) is 0 Å². The zero-order valence-corrected chi connectivity index (χ0v) is 9.78. The molecule has 1 heterocycles. The molecule has 1 aromatic carbocycles. The van der Waals surface area contributed by atoms with Gasteiger partial charge in [-0.3, -0.25) is 4.68 Å². The van der Waals surface area contributed by atoms with E-state index in [1.54, 1.807) is 4.68 Å². The van der Waals surface area contributed by atoms with Gasteiger partial charge in [0, 0.05) is 12.4 Å². The van der Waals surface area contributed by atoms with Crippen LogP contribution in [0.15, 0.2) is 18.2 Å². The number of aliphatic hydroxyl groups is 1. The van der Waals surface area contributed by atoms with Crippen molar-refractivity contribution in [2.45, 2.75) is 12.5 Å². The van der Waals surface area contributed by atoms with Gasteiger partial charge in [0.25, 0.3) is 0 Å². The van der Waals surface area contributed by atoms with Crippen molar-refractivity contribution in [2.24, 2.45) is 12.8 Å². The highest BCUT2D eigenvalue weighted by Gasteiger charge is 2.15. The number of hydrogen-bond donors (Lipinski definition) is 2. The third-order valence-corrected chi connectivity index (χ3v) is 2.93. The van der Waals surface area contributed by atoms with Gasteiger partial charge in [-0.05, 0) is 24.6 Å². The van der Waals surface area contributed by atoms with Crippen LogP contribution in [0, 0.1) is 0 Å². The lowest BCUT2D eigenvalue weighted by Crippen LogP contribution is -2.07. The minimum atomic E-state index is -0.588. The van der Waals surface area contributed by atoms with Crippen LogP contribution < -0.4 is 5.73 Å². The molecule has 4 nitrogen and oxygen atoms in total. The second-order valence-electron chi connectivity index (χ2n) is 3.75. The number of aromatic nitrogens is 2. The molecule has 0 saturated heterocycles. The summed E-state index contributed by atoms with van der Waals surface area (Å²) in [7, 11) is 1.83. The molecular formula is C11H14ClN3O. The molecule has 1 atom stereocenters. The smallest absolute Gasteiger partial charge is 0.159 e. The molecule has 5 heteroatoms. The zero-order chi connectivity index (χ0) is 11.7. The molecule has 0 saturated carbocycles. The lowest BCUT2D eigenvalue weighted by molar-refractivity contribution is 0.172. The molecule has 0 amide bonds. The summed E-state index contributed by atoms with van der Waals surface area (Å²) in [6, 6.07) is 5.67. The van der Waals surface area contributed by atoms with Crippen LogP contribution in [0.5, 0.6) is 0 Å². The monoisotopic (exact) mass is 239 g/mol. The van der Waals surface area contributed by atoms with E-state index in [0.717, 1.165) is 16.5 Å². The van der Waals surface area contributed by atoms with Gasteiger partial charge in [0.15, 0.2) is 5.15 Å². The largest absolute Gasteiger partial charge is 0.388 e. The van der Waals surface area contributed by atoms with Crippen LogP contribution in [-0.4, -0.2) is 21.4 Å². The number of hydrogen-bond acceptors (Lipinski definition) is 3. The van der Waals surface area contributed by atoms with E-state index in [0.29, 0.717) is 18.1 Å². The van der Waals surface area contributed by atoms with E-state index >= 15 is 0 Å². The summed E-state index contributed by atoms with van der Waals surface area (Å²) < 4.78 is 1.70. The van der Waals surface area contributed by atoms with E-state index < -0.39 is 6.10 Å². The molecule has 0 aliphatic heterocycles. The van der Waals surface area contributed by atoms with Crippen molar-refractivity contribution in [1.82, 2.24) is 9.78 Å². The van der Waals surface area contributed by atoms with Gasteiger partial charge in [0.1, 0.15) is 0 Å². The van der Waals surface area contributed by atoms with Gasteiger partial charge < -0.3 is 10.8 Å². The molecular weight excluding hydrogens is 226 g/mol. The van der Waals surface area contributed by atoms with Crippen molar-refractivity contribution in [3.05, 3.63) is 28.9 Å². The Hall–Kier alpha value is -1.10. The maximum absolute atomic E-state index is 9.98. The van der Waals surface area contributed by atoms with Crippen molar-refractivity contribution in [1.29, 1.82) is 0 Å². The lowest BCUT2D eigenvalue weighted by Gasteiger charge is -2.10. The number of aryl methyl sites for hydroxylation is 1. The Bertz CT molecular complexity index is 509. The maximum atomic E-state index is 9.98. The first-order chi connectivity index (χ1) is 7.65. The first kappa shape index (κ1) is 11.4. The molecule has 0 fully saturated rings. The van der Waals surface area contributed by atoms with Gasteiger partial charge in [0.05, 0.1) is 11.6 Å². The topological polar surface area (TPSA) is 64.1 Å². The molecule has 0 radical (unpaired) electrons. The summed E-state index contributed by atoms with van der Waals surface area (Å²) in [4.78, 5) is 0. The van der Waals surface area contributed by atoms with Crippen molar-refractivity contribution < 1.29 is 5.11 Å². The summed E-state index contributed by atoms with van der Waals surface area (Å²) >= 11 is 6.05. The predicted octanol–water partition coefficient (Wildman–Crippen LogP) is 1.61. The van der Waals surface area contributed by atoms with Crippen molar-refractivity contribution in [3.63, 3.8) is 0 Å². The fourth-order valence-corrected chi connectivity index (χ4v) is 2.20. The second kappa shape index (κ2) is 4.41. The number of halogens is 1. The molecule has 0 aliphatic rings. The molecule has 2 aromatic rings. The average molecular weight is 240 g/mol. The van der Waals surface area contributed by atoms with Gasteiger partial charge in [0.2, 0.25) is 0 Å². The fraction of sp³-hybridized carbons (Fsp3) is 0.364. The minimum absolute atomic E-state index is 0.421. The van der Waals surface area contributed by atoms with Crippen LogP contribution in [0.1, 0.15) is 18.1 Å². The Morgan fingerprint density at radius 3 is 3.00 bits per heavy atom. The molecule has 3 N–H and O–H groups in total. The first-order valence-corrected chi connectivity index (χ1v) is 5.52. The molecule has 0 spiro atoms. The normalized spacial score (nSPS) is 13.2. The SMILES string of the molecule is Cn1nc(Cl)c2c(C(O)CCN)cccc21. The number of benzene rings is 1. The predicted molar refractivity (Wildman–Crippen MR) is 64.4 cm³/mol. The highest BCUT2D eigenvalue weighted by Crippen LogP contribution is 2.30. The quantitative estimate of drug-likeness (QED) is 0.855. The Morgan fingerprint density at radius 2 is 2.31 bits per heavy atom. The third-order valence-electron chi connectivity index (χ3n) is 2.67. The third kappa shape index (κ3) is 1.80. The van der Waals surface area contributed by atoms with E-state index in [9.17, 15) is 5.11 Å². The van der Waals surface area contributed by atoms with Crippen molar-refractivity contribution >= 4 is 22.5 Å². The summed E-state index contributed by atoms with van der Waals surface area (Å²) in [5, 5.41) is 15.3. The van der Waals surface area contributed by atoms with Gasteiger partial charge in [-0.1, -0.05) is 23.7 Å². The molecule has 86 valence electrons. The molecule has 1 aromatic heterocycles. The number of nitrogens with two attached hydrogens (primary N) is 1. The highest BCUT2D eigenvalue weighted by atomic mass is 35.5. The van der Waals surface area contributed by atoms with Gasteiger partial charge in [-0.2, -0.15) is 5.10 Å². The number of fused-ring (bicyclic) bond motifs is 1. The molecule has 0 bridgehead atoms. The van der Waals surface area contributed by atoms with Gasteiger partial charge >= 0.3 is 0 Å². The molecule has 2 rings (SSSR count). The Kier molecular flexibility index (Phi) is 3.14. The van der Waals surface area contributed by atoms with E-state index in [1.165, 1.54) is 0 Å². The fourth-order valence-electron chi connectivity index (χ4n) is 1.88. The second-order valence-corrected chi connectivity index (χ2v) is 4.11. The van der Waals surface area contributed by atoms with Crippen molar-refractivity contribution in [3.8, 4) is 0 Å². The summed E-state index contributed by atoms with van der Waals surface area (Å²) in [6.07, 6.45) is -0.0694. The Balaban J connectivity index is 2.61. The Labute approximate surface area is 98.6 Å². The van der Waals surface area contributed by atoms with E-state index in [-0.39, 0.29) is 0 Å². The van der Waals surface area contributed by atoms with Gasteiger partial charge in [-0.25, -0.2) is 0 Å². The Morgan fingerprint density at radius 1 is 1.56 bits per heavy atom. The minimum Gasteiger partial charge on any atom is -0.388 e. The van der Waals surface area contributed by atoms with Gasteiger partial charge in [-0.15, -0.1) is 0 Å². The maximum Gasteiger partial charge on any atom is 0.159 e. The lowest BCUT2D eigenvalue weighted by atomic mass is 10.0. The highest BCUT2D eigenvalue weighted by molar-refractivity contribution is 6.34. The summed E-state index contributed by atoms with van der Waals surface area (Å²) in [6.45, 7) is 0.440. The number of aliphatic hydroxyl groups excluding tert-OH is 1. The first-order valence-electron chi connectivity index (χ1n) is 5.14. The molecule has 0 aliphatic carbocycles. The summed E-state index contributed by atoms with van der Waals surface area (Å²) in [5.74, 6) is 0. The van der Waals surface area contributed by atoms with Crippen LogP contribution >= 0.6 is 11.6 Å². The number of rotatable bonds is 3. The van der Waals surface area contributed by atoms with Crippen LogP contribution in [0.4, 0.5) is 0 Å². The van der Waals surface area contributed by atoms with Crippen LogP contribution in [0.2, 0.25) is 5.15 Å². The van der Waals surface area contributed by atoms with E-state index in [4.69, 9.17) is 17.3 Å². The standard InChI is InChI=1S/C11H14ClN3O/c1-15-8-4-2-3-7(9(16)5-6-13)10(8)11(12)14-15/h2-4,9,16H,5-6,13H2,1H3. The summed E-state index contributed by atoms with van der Waals surface area (Å²) in [5.41, 5.74) is 7.15. The zero-order valence-electron chi connectivity index (χ0n) is 9.02. The average Bonchev–Trinajstić information content (AvgIpc) is 2.55. The van der Waals surface area contributed by atoms with Crippen LogP contribution in [0.25, 0.3) is 10.9 Å². The van der Waals surface area contributed by atoms with E-state index in [1.807, 2.05) is 25.2 Å². The number of nitrogens with zero attached hydrogens (tertiary/aromatic N) is 2. The molecule has 1 unspecified atom stereocenters. The van der Waals surface area contributed by atoms with Crippen molar-refractivity contribution in [2.75, 3.05) is 6.54 Å².